The molecule has 2 N–H and O–H groups in total. The van der Waals surface area contributed by atoms with Gasteiger partial charge in [-0.1, -0.05) is 60.8 Å². The molecule has 0 aromatic carbocycles. The standard InChI is InChI=1S/C21H29N3OS/c1-5-7-9-14-20(12-6-2)15-16-22-21(26)24-23-18-19(3)13-10-8-11-17-25-4/h5-15,17-18H,16H2,1-4H3,(H2,22,24,26)/b7-5-,10-8-,12-6-,14-9-,17-11+,19-13+,20-15+,23-18+. The van der Waals surface area contributed by atoms with Crippen molar-refractivity contribution in [3.63, 3.8) is 0 Å². The Balaban J connectivity index is 4.36. The normalized spacial score (nSPS) is 14.0. The molecule has 140 valence electrons. The van der Waals surface area contributed by atoms with Crippen LogP contribution >= 0.6 is 12.2 Å². The Morgan fingerprint density at radius 2 is 1.85 bits per heavy atom. The van der Waals surface area contributed by atoms with Gasteiger partial charge in [0.05, 0.1) is 19.6 Å². The summed E-state index contributed by atoms with van der Waals surface area (Å²) in [5.41, 5.74) is 4.90. The van der Waals surface area contributed by atoms with Gasteiger partial charge in [0, 0.05) is 6.54 Å². The number of thiocarbonyl (C=S) groups is 1. The average Bonchev–Trinajstić information content (AvgIpc) is 2.61. The van der Waals surface area contributed by atoms with Crippen LogP contribution in [0.5, 0.6) is 0 Å². The first-order valence-electron chi connectivity index (χ1n) is 8.36. The minimum absolute atomic E-state index is 0.473. The minimum Gasteiger partial charge on any atom is -0.504 e. The molecule has 0 spiro atoms. The smallest absolute Gasteiger partial charge is 0.187 e. The predicted octanol–water partition coefficient (Wildman–Crippen LogP) is 4.73. The van der Waals surface area contributed by atoms with Crippen LogP contribution in [0.1, 0.15) is 20.8 Å². The van der Waals surface area contributed by atoms with E-state index in [0.29, 0.717) is 11.7 Å². The molecule has 0 bridgehead atoms. The summed E-state index contributed by atoms with van der Waals surface area (Å²) in [4.78, 5) is 0. The second kappa shape index (κ2) is 17.2. The highest BCUT2D eigenvalue weighted by Gasteiger charge is 1.91. The summed E-state index contributed by atoms with van der Waals surface area (Å²) in [6, 6.07) is 0. The SMILES string of the molecule is C\C=C/C=C\C(\C=C/C)=C\CNC(=S)N/N=C/C(C)=C/C=C\C=C\OC. The summed E-state index contributed by atoms with van der Waals surface area (Å²) in [6.07, 6.45) is 25.0. The Labute approximate surface area is 163 Å². The molecule has 0 amide bonds. The van der Waals surface area contributed by atoms with Gasteiger partial charge in [-0.2, -0.15) is 5.10 Å². The van der Waals surface area contributed by atoms with Crippen molar-refractivity contribution in [2.24, 2.45) is 5.10 Å². The first kappa shape index (κ1) is 23.3. The second-order valence-electron chi connectivity index (χ2n) is 5.03. The number of ether oxygens (including phenoxy) is 1. The molecule has 0 saturated heterocycles. The number of nitrogens with one attached hydrogen (secondary N) is 2. The first-order valence-corrected chi connectivity index (χ1v) is 8.76. The molecule has 0 heterocycles. The van der Waals surface area contributed by atoms with Crippen molar-refractivity contribution in [2.75, 3.05) is 13.7 Å². The van der Waals surface area contributed by atoms with E-state index in [2.05, 4.69) is 21.9 Å². The van der Waals surface area contributed by atoms with Crippen LogP contribution in [0, 0.1) is 0 Å². The lowest BCUT2D eigenvalue weighted by atomic mass is 10.2. The van der Waals surface area contributed by atoms with E-state index < -0.39 is 0 Å². The maximum Gasteiger partial charge on any atom is 0.187 e. The highest BCUT2D eigenvalue weighted by Crippen LogP contribution is 1.99. The molecule has 0 rings (SSSR count). The van der Waals surface area contributed by atoms with E-state index in [1.165, 1.54) is 0 Å². The molecule has 0 aromatic rings. The monoisotopic (exact) mass is 371 g/mol. The number of rotatable bonds is 10. The minimum atomic E-state index is 0.473. The molecule has 0 aliphatic carbocycles. The number of nitrogens with zero attached hydrogens (tertiary/aromatic N) is 1. The van der Waals surface area contributed by atoms with Crippen LogP contribution in [0.2, 0.25) is 0 Å². The van der Waals surface area contributed by atoms with E-state index >= 15 is 0 Å². The molecule has 0 aromatic heterocycles. The third-order valence-corrected chi connectivity index (χ3v) is 3.02. The van der Waals surface area contributed by atoms with Gasteiger partial charge in [-0.05, 0) is 50.2 Å². The fraction of sp³-hybridized carbons (Fsp3) is 0.238. The van der Waals surface area contributed by atoms with Crippen molar-refractivity contribution in [2.45, 2.75) is 20.8 Å². The number of allylic oxidation sites excluding steroid dienone is 12. The van der Waals surface area contributed by atoms with E-state index in [4.69, 9.17) is 17.0 Å². The molecule has 0 aliphatic rings. The maximum atomic E-state index is 5.20. The van der Waals surface area contributed by atoms with Gasteiger partial charge in [-0.25, -0.2) is 0 Å². The van der Waals surface area contributed by atoms with Crippen molar-refractivity contribution >= 4 is 23.5 Å². The summed E-state index contributed by atoms with van der Waals surface area (Å²) in [5.74, 6) is 0. The summed E-state index contributed by atoms with van der Waals surface area (Å²) < 4.78 is 4.80. The summed E-state index contributed by atoms with van der Waals surface area (Å²) in [7, 11) is 1.61. The Kier molecular flexibility index (Phi) is 15.4. The summed E-state index contributed by atoms with van der Waals surface area (Å²) >= 11 is 5.20. The zero-order chi connectivity index (χ0) is 19.5. The van der Waals surface area contributed by atoms with Gasteiger partial charge in [-0.15, -0.1) is 0 Å². The highest BCUT2D eigenvalue weighted by atomic mass is 32.1. The van der Waals surface area contributed by atoms with E-state index in [9.17, 15) is 0 Å². The fourth-order valence-electron chi connectivity index (χ4n) is 1.59. The largest absolute Gasteiger partial charge is 0.504 e. The molecule has 0 atom stereocenters. The topological polar surface area (TPSA) is 45.7 Å². The van der Waals surface area contributed by atoms with Crippen LogP contribution in [0.3, 0.4) is 0 Å². The van der Waals surface area contributed by atoms with Crippen molar-refractivity contribution in [1.29, 1.82) is 0 Å². The summed E-state index contributed by atoms with van der Waals surface area (Å²) in [5, 5.41) is 7.66. The Morgan fingerprint density at radius 3 is 2.54 bits per heavy atom. The molecule has 26 heavy (non-hydrogen) atoms. The van der Waals surface area contributed by atoms with Crippen LogP contribution in [0.25, 0.3) is 0 Å². The lowest BCUT2D eigenvalue weighted by Crippen LogP contribution is -2.32. The van der Waals surface area contributed by atoms with Gasteiger partial charge in [0.2, 0.25) is 0 Å². The van der Waals surface area contributed by atoms with E-state index in [1.54, 1.807) is 25.7 Å². The lowest BCUT2D eigenvalue weighted by molar-refractivity contribution is 0.338. The Hall–Kier alpha value is -2.66. The zero-order valence-corrected chi connectivity index (χ0v) is 16.8. The molecule has 0 saturated carbocycles. The molecule has 0 radical (unpaired) electrons. The van der Waals surface area contributed by atoms with Crippen molar-refractivity contribution in [1.82, 2.24) is 10.7 Å². The lowest BCUT2D eigenvalue weighted by Gasteiger charge is -2.04. The van der Waals surface area contributed by atoms with Gasteiger partial charge in [0.15, 0.2) is 5.11 Å². The molecule has 5 heteroatoms. The molecule has 0 aliphatic heterocycles. The van der Waals surface area contributed by atoms with Crippen LogP contribution in [0.15, 0.2) is 89.3 Å². The van der Waals surface area contributed by atoms with Gasteiger partial charge in [-0.3, -0.25) is 5.43 Å². The maximum absolute atomic E-state index is 5.20. The van der Waals surface area contributed by atoms with Crippen molar-refractivity contribution in [3.8, 4) is 0 Å². The average molecular weight is 372 g/mol. The van der Waals surface area contributed by atoms with Crippen LogP contribution in [0.4, 0.5) is 0 Å². The van der Waals surface area contributed by atoms with E-state index in [-0.39, 0.29) is 0 Å². The van der Waals surface area contributed by atoms with Crippen LogP contribution < -0.4 is 10.7 Å². The van der Waals surface area contributed by atoms with Crippen LogP contribution in [-0.2, 0) is 4.74 Å². The highest BCUT2D eigenvalue weighted by molar-refractivity contribution is 7.80. The van der Waals surface area contributed by atoms with Gasteiger partial charge < -0.3 is 10.1 Å². The van der Waals surface area contributed by atoms with Crippen molar-refractivity contribution in [3.05, 3.63) is 84.2 Å². The van der Waals surface area contributed by atoms with Gasteiger partial charge >= 0.3 is 0 Å². The molecule has 0 unspecified atom stereocenters. The Morgan fingerprint density at radius 1 is 1.04 bits per heavy atom. The summed E-state index contributed by atoms with van der Waals surface area (Å²) in [6.45, 7) is 6.55. The number of hydrazone groups is 1. The quantitative estimate of drug-likeness (QED) is 0.191. The number of methoxy groups -OCH3 is 1. The molecule has 4 nitrogen and oxygen atoms in total. The number of hydrogen-bond acceptors (Lipinski definition) is 3. The van der Waals surface area contributed by atoms with E-state index in [0.717, 1.165) is 11.1 Å². The second-order valence-corrected chi connectivity index (χ2v) is 5.44. The van der Waals surface area contributed by atoms with Crippen LogP contribution in [-0.4, -0.2) is 25.0 Å². The third-order valence-electron chi connectivity index (χ3n) is 2.78. The molecular weight excluding hydrogens is 342 g/mol. The molecule has 0 fully saturated rings. The van der Waals surface area contributed by atoms with Gasteiger partial charge in [0.1, 0.15) is 0 Å². The fourth-order valence-corrected chi connectivity index (χ4v) is 1.73. The molecular formula is C21H29N3OS. The number of hydrogen-bond donors (Lipinski definition) is 2. The van der Waals surface area contributed by atoms with Crippen molar-refractivity contribution < 1.29 is 4.74 Å². The first-order chi connectivity index (χ1) is 12.6. The van der Waals surface area contributed by atoms with E-state index in [1.807, 2.05) is 75.5 Å². The predicted molar refractivity (Wildman–Crippen MR) is 118 cm³/mol. The third kappa shape index (κ3) is 14.9. The zero-order valence-electron chi connectivity index (χ0n) is 16.0. The van der Waals surface area contributed by atoms with Gasteiger partial charge in [0.25, 0.3) is 0 Å². The Bertz CT molecular complexity index is 636.